The van der Waals surface area contributed by atoms with E-state index in [2.05, 4.69) is 10.0 Å². The molecule has 0 amide bonds. The number of furan rings is 1. The molecule has 0 atom stereocenters. The van der Waals surface area contributed by atoms with Crippen LogP contribution in [0, 0.1) is 0 Å². The van der Waals surface area contributed by atoms with E-state index in [1.165, 1.54) is 18.9 Å². The van der Waals surface area contributed by atoms with E-state index in [0.29, 0.717) is 12.3 Å². The Bertz CT molecular complexity index is 502. The number of hydrogen-bond acceptors (Lipinski definition) is 4. The summed E-state index contributed by atoms with van der Waals surface area (Å²) in [5, 5.41) is 3.13. The summed E-state index contributed by atoms with van der Waals surface area (Å²) in [5.41, 5.74) is 0. The van der Waals surface area contributed by atoms with Crippen molar-refractivity contribution in [2.24, 2.45) is 0 Å². The van der Waals surface area contributed by atoms with Crippen molar-refractivity contribution in [2.45, 2.75) is 63.1 Å². The highest BCUT2D eigenvalue weighted by molar-refractivity contribution is 7.89. The normalized spacial score (nSPS) is 18.1. The molecule has 0 aromatic carbocycles. The molecule has 1 aliphatic carbocycles. The molecule has 2 N–H and O–H groups in total. The van der Waals surface area contributed by atoms with Gasteiger partial charge in [0, 0.05) is 6.04 Å². The predicted octanol–water partition coefficient (Wildman–Crippen LogP) is 2.39. The fourth-order valence-electron chi connectivity index (χ4n) is 2.52. The highest BCUT2D eigenvalue weighted by Crippen LogP contribution is 2.20. The Balaban J connectivity index is 1.99. The fraction of sp³-hybridized carbons (Fsp3) is 0.714. The second-order valence-corrected chi connectivity index (χ2v) is 6.96. The minimum Gasteiger partial charge on any atom is -0.447 e. The van der Waals surface area contributed by atoms with E-state index in [1.54, 1.807) is 6.07 Å². The van der Waals surface area contributed by atoms with Gasteiger partial charge in [-0.15, -0.1) is 0 Å². The third-order valence-electron chi connectivity index (χ3n) is 3.63. The van der Waals surface area contributed by atoms with Crippen LogP contribution in [0.25, 0.3) is 0 Å². The molecule has 5 nitrogen and oxygen atoms in total. The van der Waals surface area contributed by atoms with Gasteiger partial charge in [0.05, 0.1) is 6.54 Å². The number of hydrogen-bond donors (Lipinski definition) is 2. The van der Waals surface area contributed by atoms with Crippen molar-refractivity contribution in [1.82, 2.24) is 10.0 Å². The largest absolute Gasteiger partial charge is 0.447 e. The van der Waals surface area contributed by atoms with Crippen LogP contribution in [0.15, 0.2) is 21.6 Å². The zero-order valence-corrected chi connectivity index (χ0v) is 12.8. The molecule has 1 aromatic heterocycles. The average Bonchev–Trinajstić information content (AvgIpc) is 2.76. The fourth-order valence-corrected chi connectivity index (χ4v) is 3.78. The van der Waals surface area contributed by atoms with Crippen LogP contribution in [-0.2, 0) is 16.6 Å². The molecule has 1 fully saturated rings. The summed E-state index contributed by atoms with van der Waals surface area (Å²) in [6, 6.07) is 3.29. The Morgan fingerprint density at radius 3 is 2.55 bits per heavy atom. The molecule has 0 spiro atoms. The second-order valence-electron chi connectivity index (χ2n) is 5.31. The van der Waals surface area contributed by atoms with Crippen LogP contribution < -0.4 is 10.0 Å². The van der Waals surface area contributed by atoms with Gasteiger partial charge in [-0.05, 0) is 31.5 Å². The van der Waals surface area contributed by atoms with Gasteiger partial charge in [-0.1, -0.05) is 32.6 Å². The predicted molar refractivity (Wildman–Crippen MR) is 77.9 cm³/mol. The minimum absolute atomic E-state index is 0.0228. The standard InChI is InChI=1S/C14H24N2O3S/c1-2-15-11-13-9-10-14(19-13)20(17,18)16-12-7-5-3-4-6-8-12/h9-10,12,15-16H,2-8,11H2,1H3. The van der Waals surface area contributed by atoms with Crippen LogP contribution in [0.1, 0.15) is 51.2 Å². The van der Waals surface area contributed by atoms with Gasteiger partial charge in [-0.25, -0.2) is 13.1 Å². The molecule has 20 heavy (non-hydrogen) atoms. The van der Waals surface area contributed by atoms with Crippen molar-refractivity contribution in [3.05, 3.63) is 17.9 Å². The molecule has 0 radical (unpaired) electrons. The topological polar surface area (TPSA) is 71.3 Å². The van der Waals surface area contributed by atoms with Gasteiger partial charge in [-0.2, -0.15) is 0 Å². The molecule has 0 aliphatic heterocycles. The maximum atomic E-state index is 12.3. The SMILES string of the molecule is CCNCc1ccc(S(=O)(=O)NC2CCCCCC2)o1. The van der Waals surface area contributed by atoms with E-state index < -0.39 is 10.0 Å². The first-order chi connectivity index (χ1) is 9.62. The molecule has 114 valence electrons. The summed E-state index contributed by atoms with van der Waals surface area (Å²) in [6.45, 7) is 3.37. The Kier molecular flexibility index (Phi) is 5.63. The smallest absolute Gasteiger partial charge is 0.274 e. The summed E-state index contributed by atoms with van der Waals surface area (Å²) in [5.74, 6) is 0.646. The van der Waals surface area contributed by atoms with Crippen LogP contribution in [0.3, 0.4) is 0 Å². The van der Waals surface area contributed by atoms with Crippen LogP contribution in [0.4, 0.5) is 0 Å². The van der Waals surface area contributed by atoms with Crippen LogP contribution in [0.2, 0.25) is 0 Å². The third-order valence-corrected chi connectivity index (χ3v) is 5.02. The molecule has 2 rings (SSSR count). The monoisotopic (exact) mass is 300 g/mol. The summed E-state index contributed by atoms with van der Waals surface area (Å²) in [6.07, 6.45) is 6.43. The van der Waals surface area contributed by atoms with Gasteiger partial charge in [0.25, 0.3) is 10.0 Å². The third kappa shape index (κ3) is 4.33. The van der Waals surface area contributed by atoms with Crippen molar-refractivity contribution in [1.29, 1.82) is 0 Å². The highest BCUT2D eigenvalue weighted by Gasteiger charge is 2.23. The summed E-state index contributed by atoms with van der Waals surface area (Å²) in [4.78, 5) is 0. The molecule has 0 saturated heterocycles. The van der Waals surface area contributed by atoms with E-state index in [1.807, 2.05) is 6.92 Å². The van der Waals surface area contributed by atoms with Gasteiger partial charge in [-0.3, -0.25) is 0 Å². The molecular weight excluding hydrogens is 276 g/mol. The summed E-state index contributed by atoms with van der Waals surface area (Å²) >= 11 is 0. The van der Waals surface area contributed by atoms with Gasteiger partial charge < -0.3 is 9.73 Å². The Morgan fingerprint density at radius 1 is 1.20 bits per heavy atom. The van der Waals surface area contributed by atoms with E-state index >= 15 is 0 Å². The van der Waals surface area contributed by atoms with E-state index in [-0.39, 0.29) is 11.1 Å². The molecular formula is C14H24N2O3S. The Morgan fingerprint density at radius 2 is 1.90 bits per heavy atom. The first-order valence-electron chi connectivity index (χ1n) is 7.43. The van der Waals surface area contributed by atoms with Crippen molar-refractivity contribution in [3.63, 3.8) is 0 Å². The maximum absolute atomic E-state index is 12.3. The lowest BCUT2D eigenvalue weighted by Crippen LogP contribution is -2.34. The Labute approximate surface area is 121 Å². The maximum Gasteiger partial charge on any atom is 0.274 e. The lowest BCUT2D eigenvalue weighted by atomic mass is 10.1. The van der Waals surface area contributed by atoms with Crippen molar-refractivity contribution < 1.29 is 12.8 Å². The zero-order chi connectivity index (χ0) is 14.4. The average molecular weight is 300 g/mol. The first kappa shape index (κ1) is 15.5. The molecule has 1 aliphatic rings. The van der Waals surface area contributed by atoms with E-state index in [9.17, 15) is 8.42 Å². The molecule has 0 unspecified atom stereocenters. The molecule has 1 aromatic rings. The zero-order valence-electron chi connectivity index (χ0n) is 12.0. The van der Waals surface area contributed by atoms with Gasteiger partial charge in [0.15, 0.2) is 0 Å². The molecule has 1 heterocycles. The second kappa shape index (κ2) is 7.24. The summed E-state index contributed by atoms with van der Waals surface area (Å²) < 4.78 is 32.7. The summed E-state index contributed by atoms with van der Waals surface area (Å²) in [7, 11) is -3.52. The lowest BCUT2D eigenvalue weighted by Gasteiger charge is -2.14. The van der Waals surface area contributed by atoms with Crippen molar-refractivity contribution in [3.8, 4) is 0 Å². The highest BCUT2D eigenvalue weighted by atomic mass is 32.2. The van der Waals surface area contributed by atoms with Gasteiger partial charge in [0.2, 0.25) is 5.09 Å². The molecule has 0 bridgehead atoms. The van der Waals surface area contributed by atoms with Gasteiger partial charge in [0.1, 0.15) is 5.76 Å². The lowest BCUT2D eigenvalue weighted by molar-refractivity contribution is 0.397. The quantitative estimate of drug-likeness (QED) is 0.791. The van der Waals surface area contributed by atoms with Gasteiger partial charge >= 0.3 is 0 Å². The van der Waals surface area contributed by atoms with Crippen LogP contribution in [-0.4, -0.2) is 21.0 Å². The van der Waals surface area contributed by atoms with E-state index in [0.717, 1.165) is 32.2 Å². The number of sulfonamides is 1. The van der Waals surface area contributed by atoms with Crippen LogP contribution in [0.5, 0.6) is 0 Å². The molecule has 1 saturated carbocycles. The number of nitrogens with one attached hydrogen (secondary N) is 2. The van der Waals surface area contributed by atoms with Crippen molar-refractivity contribution >= 4 is 10.0 Å². The Hall–Kier alpha value is -0.850. The van der Waals surface area contributed by atoms with Crippen molar-refractivity contribution in [2.75, 3.05) is 6.54 Å². The number of rotatable bonds is 6. The van der Waals surface area contributed by atoms with E-state index in [4.69, 9.17) is 4.42 Å². The van der Waals surface area contributed by atoms with Crippen LogP contribution >= 0.6 is 0 Å². The molecule has 6 heteroatoms. The minimum atomic E-state index is -3.52. The first-order valence-corrected chi connectivity index (χ1v) is 8.92.